The normalized spacial score (nSPS) is 17.2. The molecule has 0 radical (unpaired) electrons. The van der Waals surface area contributed by atoms with Gasteiger partial charge < -0.3 is 19.3 Å². The van der Waals surface area contributed by atoms with E-state index < -0.39 is 0 Å². The fourth-order valence-electron chi connectivity index (χ4n) is 2.85. The van der Waals surface area contributed by atoms with Crippen LogP contribution in [0.25, 0.3) is 0 Å². The van der Waals surface area contributed by atoms with E-state index in [2.05, 4.69) is 0 Å². The minimum Gasteiger partial charge on any atom is -0.497 e. The second kappa shape index (κ2) is 8.68. The molecule has 2 amide bonds. The number of carbonyl (C=O) groups is 2. The lowest BCUT2D eigenvalue weighted by molar-refractivity contribution is -0.140. The van der Waals surface area contributed by atoms with Crippen LogP contribution in [0.4, 0.5) is 0 Å². The Bertz CT molecular complexity index is 576. The quantitative estimate of drug-likeness (QED) is 0.726. The van der Waals surface area contributed by atoms with Crippen LogP contribution in [-0.4, -0.2) is 61.6 Å². The highest BCUT2D eigenvalue weighted by Gasteiger charge is 2.30. The van der Waals surface area contributed by atoms with Gasteiger partial charge in [-0.25, -0.2) is 0 Å². The Morgan fingerprint density at radius 1 is 1.38 bits per heavy atom. The van der Waals surface area contributed by atoms with Crippen molar-refractivity contribution in [2.24, 2.45) is 0 Å². The topological polar surface area (TPSA) is 59.1 Å². The predicted octanol–water partition coefficient (Wildman–Crippen LogP) is 1.68. The van der Waals surface area contributed by atoms with Crippen molar-refractivity contribution in [1.82, 2.24) is 9.80 Å². The predicted molar refractivity (Wildman–Crippen MR) is 90.7 cm³/mol. The van der Waals surface area contributed by atoms with E-state index in [1.807, 2.05) is 31.2 Å². The maximum Gasteiger partial charge on any atom is 0.242 e. The van der Waals surface area contributed by atoms with Gasteiger partial charge in [-0.05, 0) is 31.0 Å². The van der Waals surface area contributed by atoms with E-state index >= 15 is 0 Å². The Labute approximate surface area is 143 Å². The molecule has 1 atom stereocenters. The number of hydrogen-bond acceptors (Lipinski definition) is 4. The van der Waals surface area contributed by atoms with Gasteiger partial charge >= 0.3 is 0 Å². The molecule has 0 bridgehead atoms. The third kappa shape index (κ3) is 4.71. The first kappa shape index (κ1) is 18.3. The van der Waals surface area contributed by atoms with E-state index in [0.717, 1.165) is 17.7 Å². The number of ether oxygens (including phenoxy) is 2. The molecule has 1 saturated heterocycles. The van der Waals surface area contributed by atoms with Crippen molar-refractivity contribution in [1.29, 1.82) is 0 Å². The molecule has 6 nitrogen and oxygen atoms in total. The maximum absolute atomic E-state index is 12.7. The Morgan fingerprint density at radius 3 is 2.79 bits per heavy atom. The molecule has 132 valence electrons. The highest BCUT2D eigenvalue weighted by Crippen LogP contribution is 2.19. The molecule has 2 rings (SSSR count). The average Bonchev–Trinajstić information content (AvgIpc) is 2.90. The van der Waals surface area contributed by atoms with Crippen LogP contribution in [0.2, 0.25) is 0 Å². The highest BCUT2D eigenvalue weighted by atomic mass is 16.5. The van der Waals surface area contributed by atoms with Crippen molar-refractivity contribution in [3.8, 4) is 5.75 Å². The number of nitrogens with zero attached hydrogens (tertiary/aromatic N) is 2. The number of benzene rings is 1. The standard InChI is InChI=1S/C18H26N2O4/c1-14-7-8-17(21)20(14)13-18(22)19(9-10-23-2)12-15-5-4-6-16(11-15)24-3/h4-6,11,14H,7-10,12-13H2,1-3H3. The third-order valence-electron chi connectivity index (χ3n) is 4.36. The van der Waals surface area contributed by atoms with Crippen molar-refractivity contribution in [3.63, 3.8) is 0 Å². The summed E-state index contributed by atoms with van der Waals surface area (Å²) in [6, 6.07) is 7.77. The summed E-state index contributed by atoms with van der Waals surface area (Å²) in [6.45, 7) is 3.53. The molecule has 0 aromatic heterocycles. The first-order valence-electron chi connectivity index (χ1n) is 8.24. The Kier molecular flexibility index (Phi) is 6.61. The highest BCUT2D eigenvalue weighted by molar-refractivity contribution is 5.86. The number of methoxy groups -OCH3 is 2. The van der Waals surface area contributed by atoms with Gasteiger partial charge in [-0.3, -0.25) is 9.59 Å². The van der Waals surface area contributed by atoms with Crippen LogP contribution in [0.3, 0.4) is 0 Å². The summed E-state index contributed by atoms with van der Waals surface area (Å²) in [5, 5.41) is 0. The first-order chi connectivity index (χ1) is 11.5. The molecule has 1 aromatic rings. The van der Waals surface area contributed by atoms with Crippen molar-refractivity contribution >= 4 is 11.8 Å². The maximum atomic E-state index is 12.7. The van der Waals surface area contributed by atoms with Gasteiger partial charge in [0.25, 0.3) is 0 Å². The van der Waals surface area contributed by atoms with Crippen LogP contribution >= 0.6 is 0 Å². The molecular weight excluding hydrogens is 308 g/mol. The van der Waals surface area contributed by atoms with Gasteiger partial charge in [0.15, 0.2) is 0 Å². The second-order valence-corrected chi connectivity index (χ2v) is 6.07. The molecule has 1 aliphatic rings. The number of likely N-dealkylation sites (tertiary alicyclic amines) is 1. The van der Waals surface area contributed by atoms with Gasteiger partial charge in [0.05, 0.1) is 13.7 Å². The lowest BCUT2D eigenvalue weighted by Gasteiger charge is -2.27. The number of amides is 2. The molecule has 1 fully saturated rings. The average molecular weight is 334 g/mol. The van der Waals surface area contributed by atoms with E-state index in [1.165, 1.54) is 0 Å². The van der Waals surface area contributed by atoms with Gasteiger partial charge in [0.1, 0.15) is 12.3 Å². The fraction of sp³-hybridized carbons (Fsp3) is 0.556. The van der Waals surface area contributed by atoms with Crippen LogP contribution < -0.4 is 4.74 Å². The summed E-state index contributed by atoms with van der Waals surface area (Å²) in [6.07, 6.45) is 1.35. The van der Waals surface area contributed by atoms with Crippen molar-refractivity contribution < 1.29 is 19.1 Å². The van der Waals surface area contributed by atoms with Gasteiger partial charge in [0.2, 0.25) is 11.8 Å². The van der Waals surface area contributed by atoms with E-state index in [9.17, 15) is 9.59 Å². The van der Waals surface area contributed by atoms with Crippen molar-refractivity contribution in [2.45, 2.75) is 32.4 Å². The number of hydrogen-bond donors (Lipinski definition) is 0. The second-order valence-electron chi connectivity index (χ2n) is 6.07. The molecule has 1 aromatic carbocycles. The van der Waals surface area contributed by atoms with Gasteiger partial charge in [-0.1, -0.05) is 12.1 Å². The van der Waals surface area contributed by atoms with E-state index in [4.69, 9.17) is 9.47 Å². The molecular formula is C18H26N2O4. The Balaban J connectivity index is 2.05. The van der Waals surface area contributed by atoms with E-state index in [1.54, 1.807) is 24.0 Å². The van der Waals surface area contributed by atoms with Crippen LogP contribution in [-0.2, 0) is 20.9 Å². The molecule has 6 heteroatoms. The van der Waals surface area contributed by atoms with Crippen molar-refractivity contribution in [3.05, 3.63) is 29.8 Å². The molecule has 0 aliphatic carbocycles. The third-order valence-corrected chi connectivity index (χ3v) is 4.36. The molecule has 24 heavy (non-hydrogen) atoms. The zero-order chi connectivity index (χ0) is 17.5. The van der Waals surface area contributed by atoms with Gasteiger partial charge in [-0.2, -0.15) is 0 Å². The Morgan fingerprint density at radius 2 is 2.17 bits per heavy atom. The molecule has 1 unspecified atom stereocenters. The summed E-state index contributed by atoms with van der Waals surface area (Å²) in [5.74, 6) is 0.760. The summed E-state index contributed by atoms with van der Waals surface area (Å²) < 4.78 is 10.4. The minimum absolute atomic E-state index is 0.0584. The van der Waals surface area contributed by atoms with Gasteiger partial charge in [-0.15, -0.1) is 0 Å². The molecule has 0 saturated carbocycles. The summed E-state index contributed by atoms with van der Waals surface area (Å²) in [5.41, 5.74) is 0.986. The zero-order valence-corrected chi connectivity index (χ0v) is 14.7. The molecule has 0 N–H and O–H groups in total. The SMILES string of the molecule is COCCN(Cc1cccc(OC)c1)C(=O)CN1C(=O)CCC1C. The monoisotopic (exact) mass is 334 g/mol. The zero-order valence-electron chi connectivity index (χ0n) is 14.7. The first-order valence-corrected chi connectivity index (χ1v) is 8.24. The molecule has 1 heterocycles. The Hall–Kier alpha value is -2.08. The van der Waals surface area contributed by atoms with Crippen LogP contribution in [0.1, 0.15) is 25.3 Å². The van der Waals surface area contributed by atoms with Crippen molar-refractivity contribution in [2.75, 3.05) is 33.9 Å². The van der Waals surface area contributed by atoms with Crippen LogP contribution in [0.5, 0.6) is 5.75 Å². The smallest absolute Gasteiger partial charge is 0.242 e. The summed E-state index contributed by atoms with van der Waals surface area (Å²) >= 11 is 0. The van der Waals surface area contributed by atoms with E-state index in [-0.39, 0.29) is 24.4 Å². The van der Waals surface area contributed by atoms with Crippen LogP contribution in [0.15, 0.2) is 24.3 Å². The number of rotatable bonds is 8. The largest absolute Gasteiger partial charge is 0.497 e. The van der Waals surface area contributed by atoms with E-state index in [0.29, 0.717) is 26.1 Å². The lowest BCUT2D eigenvalue weighted by atomic mass is 10.2. The fourth-order valence-corrected chi connectivity index (χ4v) is 2.85. The number of carbonyl (C=O) groups excluding carboxylic acids is 2. The molecule has 1 aliphatic heterocycles. The molecule has 0 spiro atoms. The van der Waals surface area contributed by atoms with Crippen LogP contribution in [0, 0.1) is 0 Å². The summed E-state index contributed by atoms with van der Waals surface area (Å²) in [7, 11) is 3.23. The van der Waals surface area contributed by atoms with Gasteiger partial charge in [0, 0.05) is 32.7 Å². The minimum atomic E-state index is -0.0584. The lowest BCUT2D eigenvalue weighted by Crippen LogP contribution is -2.43. The summed E-state index contributed by atoms with van der Waals surface area (Å²) in [4.78, 5) is 28.0.